The van der Waals surface area contributed by atoms with Gasteiger partial charge < -0.3 is 15.4 Å². The molecule has 0 aliphatic carbocycles. The lowest BCUT2D eigenvalue weighted by Crippen LogP contribution is -2.22. The number of aryl methyl sites for hydroxylation is 1. The summed E-state index contributed by atoms with van der Waals surface area (Å²) in [6, 6.07) is 10.2. The number of benzene rings is 2. The van der Waals surface area contributed by atoms with Crippen LogP contribution in [0.4, 0.5) is 11.4 Å². The number of anilines is 2. The minimum absolute atomic E-state index is 0.0291. The molecule has 6 nitrogen and oxygen atoms in total. The largest absolute Gasteiger partial charge is 0.493 e. The van der Waals surface area contributed by atoms with Gasteiger partial charge in [0.05, 0.1) is 19.3 Å². The predicted molar refractivity (Wildman–Crippen MR) is 102 cm³/mol. The summed E-state index contributed by atoms with van der Waals surface area (Å²) < 4.78 is 29.8. The van der Waals surface area contributed by atoms with E-state index in [0.29, 0.717) is 11.4 Å². The summed E-state index contributed by atoms with van der Waals surface area (Å²) in [6.45, 7) is 1.90. The van der Waals surface area contributed by atoms with Gasteiger partial charge >= 0.3 is 0 Å². The molecule has 8 heteroatoms. The summed E-state index contributed by atoms with van der Waals surface area (Å²) in [6.07, 6.45) is 1.11. The van der Waals surface area contributed by atoms with Gasteiger partial charge in [0.1, 0.15) is 4.90 Å². The van der Waals surface area contributed by atoms with Gasteiger partial charge in [-0.2, -0.15) is 0 Å². The zero-order valence-corrected chi connectivity index (χ0v) is 16.5. The van der Waals surface area contributed by atoms with E-state index in [1.54, 1.807) is 18.2 Å². The van der Waals surface area contributed by atoms with Crippen LogP contribution in [-0.4, -0.2) is 34.2 Å². The highest BCUT2D eigenvalue weighted by Crippen LogP contribution is 2.32. The molecule has 0 heterocycles. The molecule has 0 bridgehead atoms. The number of methoxy groups -OCH3 is 1. The average Bonchev–Trinajstić information content (AvgIpc) is 2.55. The number of sulfone groups is 1. The van der Waals surface area contributed by atoms with E-state index in [4.69, 9.17) is 4.74 Å². The second kappa shape index (κ2) is 7.88. The van der Waals surface area contributed by atoms with Crippen LogP contribution in [0.2, 0.25) is 0 Å². The van der Waals surface area contributed by atoms with Gasteiger partial charge in [-0.25, -0.2) is 8.42 Å². The maximum absolute atomic E-state index is 12.1. The molecule has 0 aromatic heterocycles. The van der Waals surface area contributed by atoms with Crippen molar-refractivity contribution in [3.8, 4) is 5.75 Å². The Balaban J connectivity index is 2.10. The fourth-order valence-electron chi connectivity index (χ4n) is 2.26. The maximum atomic E-state index is 12.1. The highest BCUT2D eigenvalue weighted by Gasteiger charge is 2.17. The summed E-state index contributed by atoms with van der Waals surface area (Å²) in [7, 11) is -2.05. The van der Waals surface area contributed by atoms with Crippen molar-refractivity contribution in [3.05, 3.63) is 46.4 Å². The first kappa shape index (κ1) is 19.3. The quantitative estimate of drug-likeness (QED) is 0.740. The topological polar surface area (TPSA) is 84.5 Å². The third-order valence-electron chi connectivity index (χ3n) is 3.46. The van der Waals surface area contributed by atoms with Crippen molar-refractivity contribution in [1.29, 1.82) is 0 Å². The highest BCUT2D eigenvalue weighted by atomic mass is 79.9. The summed E-state index contributed by atoms with van der Waals surface area (Å²) in [5, 5.41) is 5.69. The van der Waals surface area contributed by atoms with E-state index < -0.39 is 9.84 Å². The Morgan fingerprint density at radius 1 is 1.24 bits per heavy atom. The van der Waals surface area contributed by atoms with Crippen LogP contribution < -0.4 is 15.4 Å². The summed E-state index contributed by atoms with van der Waals surface area (Å²) in [4.78, 5) is 12.2. The lowest BCUT2D eigenvalue weighted by atomic mass is 10.2. The molecule has 25 heavy (non-hydrogen) atoms. The first-order chi connectivity index (χ1) is 11.7. The number of para-hydroxylation sites is 1. The number of carbonyl (C=O) groups is 1. The molecule has 0 aliphatic rings. The summed E-state index contributed by atoms with van der Waals surface area (Å²) in [5.74, 6) is -0.0641. The van der Waals surface area contributed by atoms with Gasteiger partial charge in [0, 0.05) is 16.4 Å². The molecule has 2 aromatic carbocycles. The van der Waals surface area contributed by atoms with E-state index in [0.717, 1.165) is 16.3 Å². The number of nitrogens with one attached hydrogen (secondary N) is 2. The van der Waals surface area contributed by atoms with E-state index in [2.05, 4.69) is 26.6 Å². The molecule has 2 N–H and O–H groups in total. The molecule has 134 valence electrons. The monoisotopic (exact) mass is 426 g/mol. The number of ether oxygens (including phenoxy) is 1. The summed E-state index contributed by atoms with van der Waals surface area (Å²) >= 11 is 3.41. The zero-order chi connectivity index (χ0) is 18.6. The second-order valence-corrected chi connectivity index (χ2v) is 8.31. The Kier molecular flexibility index (Phi) is 6.07. The Labute approximate surface area is 155 Å². The number of rotatable bonds is 6. The van der Waals surface area contributed by atoms with E-state index in [9.17, 15) is 13.2 Å². The van der Waals surface area contributed by atoms with Crippen LogP contribution in [-0.2, 0) is 14.6 Å². The van der Waals surface area contributed by atoms with Gasteiger partial charge in [0.15, 0.2) is 15.6 Å². The molecular formula is C17H19BrN2O4S. The average molecular weight is 427 g/mol. The van der Waals surface area contributed by atoms with E-state index in [-0.39, 0.29) is 23.1 Å². The molecule has 2 rings (SSSR count). The Hall–Kier alpha value is -2.06. The molecule has 2 aromatic rings. The Bertz CT molecular complexity index is 898. The molecule has 0 atom stereocenters. The number of hydrogen-bond donors (Lipinski definition) is 2. The highest BCUT2D eigenvalue weighted by molar-refractivity contribution is 9.10. The van der Waals surface area contributed by atoms with Crippen LogP contribution in [0.15, 0.2) is 45.8 Å². The van der Waals surface area contributed by atoms with Crippen LogP contribution in [0.25, 0.3) is 0 Å². The van der Waals surface area contributed by atoms with E-state index >= 15 is 0 Å². The Morgan fingerprint density at radius 2 is 1.96 bits per heavy atom. The zero-order valence-electron chi connectivity index (χ0n) is 14.1. The fourth-order valence-corrected chi connectivity index (χ4v) is 3.36. The van der Waals surface area contributed by atoms with Crippen LogP contribution in [0.5, 0.6) is 5.75 Å². The van der Waals surface area contributed by atoms with Gasteiger partial charge in [-0.15, -0.1) is 0 Å². The number of amides is 1. The molecule has 1 amide bonds. The predicted octanol–water partition coefficient (Wildman–Crippen LogP) is 3.22. The maximum Gasteiger partial charge on any atom is 0.243 e. The third kappa shape index (κ3) is 4.96. The normalized spacial score (nSPS) is 11.0. The lowest BCUT2D eigenvalue weighted by molar-refractivity contribution is -0.114. The van der Waals surface area contributed by atoms with Crippen LogP contribution in [0.3, 0.4) is 0 Å². The van der Waals surface area contributed by atoms with Crippen molar-refractivity contribution in [3.63, 3.8) is 0 Å². The standard InChI is InChI=1S/C17H19BrN2O4S/c1-11-9-12(7-8-13(11)18)20-16(21)10-19-14-5-4-6-15(17(14)24-2)25(3,22)23/h4-9,19H,10H2,1-3H3,(H,20,21). The van der Waals surface area contributed by atoms with E-state index in [1.807, 2.05) is 19.1 Å². The molecule has 0 radical (unpaired) electrons. The van der Waals surface area contributed by atoms with Crippen molar-refractivity contribution >= 4 is 43.0 Å². The van der Waals surface area contributed by atoms with Gasteiger partial charge in [-0.05, 0) is 42.8 Å². The second-order valence-electron chi connectivity index (χ2n) is 5.47. The first-order valence-electron chi connectivity index (χ1n) is 7.39. The van der Waals surface area contributed by atoms with Gasteiger partial charge in [0.25, 0.3) is 0 Å². The van der Waals surface area contributed by atoms with E-state index in [1.165, 1.54) is 13.2 Å². The van der Waals surface area contributed by atoms with Crippen molar-refractivity contribution in [1.82, 2.24) is 0 Å². The molecule has 0 aliphatic heterocycles. The molecule has 0 saturated carbocycles. The first-order valence-corrected chi connectivity index (χ1v) is 10.1. The minimum atomic E-state index is -3.43. The van der Waals surface area contributed by atoms with Gasteiger partial charge in [0.2, 0.25) is 5.91 Å². The number of hydrogen-bond acceptors (Lipinski definition) is 5. The molecule has 0 saturated heterocycles. The number of carbonyl (C=O) groups excluding carboxylic acids is 1. The smallest absolute Gasteiger partial charge is 0.243 e. The van der Waals surface area contributed by atoms with Crippen molar-refractivity contribution in [2.45, 2.75) is 11.8 Å². The molecule has 0 spiro atoms. The van der Waals surface area contributed by atoms with Crippen molar-refractivity contribution < 1.29 is 17.9 Å². The molecular weight excluding hydrogens is 408 g/mol. The van der Waals surface area contributed by atoms with Crippen LogP contribution >= 0.6 is 15.9 Å². The fraction of sp³-hybridized carbons (Fsp3) is 0.235. The van der Waals surface area contributed by atoms with Crippen molar-refractivity contribution in [2.75, 3.05) is 30.5 Å². The molecule has 0 fully saturated rings. The van der Waals surface area contributed by atoms with Gasteiger partial charge in [-0.1, -0.05) is 22.0 Å². The number of halogens is 1. The third-order valence-corrected chi connectivity index (χ3v) is 5.47. The Morgan fingerprint density at radius 3 is 2.56 bits per heavy atom. The lowest BCUT2D eigenvalue weighted by Gasteiger charge is -2.14. The van der Waals surface area contributed by atoms with Crippen molar-refractivity contribution in [2.24, 2.45) is 0 Å². The molecule has 0 unspecified atom stereocenters. The SMILES string of the molecule is COc1c(NCC(=O)Nc2ccc(Br)c(C)c2)cccc1S(C)(=O)=O. The van der Waals surface area contributed by atoms with Gasteiger partial charge in [-0.3, -0.25) is 4.79 Å². The van der Waals surface area contributed by atoms with Crippen LogP contribution in [0.1, 0.15) is 5.56 Å². The minimum Gasteiger partial charge on any atom is -0.493 e. The van der Waals surface area contributed by atoms with Crippen LogP contribution in [0, 0.1) is 6.92 Å². The summed E-state index contributed by atoms with van der Waals surface area (Å²) in [5.41, 5.74) is 2.13.